The van der Waals surface area contributed by atoms with Crippen LogP contribution in [0.1, 0.15) is 10.4 Å². The first kappa shape index (κ1) is 18.6. The molecule has 2 N–H and O–H groups in total. The van der Waals surface area contributed by atoms with Gasteiger partial charge in [-0.2, -0.15) is 0 Å². The summed E-state index contributed by atoms with van der Waals surface area (Å²) in [6.07, 6.45) is 1.10. The van der Waals surface area contributed by atoms with E-state index in [1.807, 2.05) is 12.1 Å². The lowest BCUT2D eigenvalue weighted by Crippen LogP contribution is -2.15. The summed E-state index contributed by atoms with van der Waals surface area (Å²) >= 11 is 8.24. The molecule has 4 aromatic rings. The Hall–Kier alpha value is -2.75. The van der Waals surface area contributed by atoms with E-state index in [4.69, 9.17) is 16.7 Å². The van der Waals surface area contributed by atoms with Crippen molar-refractivity contribution < 1.29 is 14.3 Å². The van der Waals surface area contributed by atoms with Crippen molar-refractivity contribution in [3.05, 3.63) is 69.2 Å². The topological polar surface area (TPSA) is 95.9 Å². The Kier molecular flexibility index (Phi) is 4.88. The fourth-order valence-corrected chi connectivity index (χ4v) is 4.50. The summed E-state index contributed by atoms with van der Waals surface area (Å²) < 4.78 is 15.0. The number of carboxylic acid groups (broad SMARTS) is 1. The van der Waals surface area contributed by atoms with E-state index in [0.29, 0.717) is 19.9 Å². The molecule has 140 valence electrons. The number of hydrogen-bond acceptors (Lipinski definition) is 6. The van der Waals surface area contributed by atoms with E-state index in [1.165, 1.54) is 17.4 Å². The summed E-state index contributed by atoms with van der Waals surface area (Å²) in [6, 6.07) is 9.61. The molecule has 0 aliphatic carbocycles. The number of aromatic carboxylic acids is 1. The molecule has 0 saturated carbocycles. The standard InChI is InChI=1S/C18H9ClFN3O3S2/c19-9-3-1-8(2-4-9)16-22-23-18(28-16)27-14-6-13-10(5-12(14)20)15(24)11(7-21-13)17(25)26/h1-7H,(H,21,24)(H,25,26). The summed E-state index contributed by atoms with van der Waals surface area (Å²) in [7, 11) is 0. The number of nitrogens with one attached hydrogen (secondary N) is 1. The molecule has 0 fully saturated rings. The average molecular weight is 434 g/mol. The van der Waals surface area contributed by atoms with Crippen LogP contribution < -0.4 is 5.43 Å². The fraction of sp³-hybridized carbons (Fsp3) is 0. The van der Waals surface area contributed by atoms with Gasteiger partial charge in [-0.3, -0.25) is 4.79 Å². The third-order valence-corrected chi connectivity index (χ3v) is 6.17. The first-order chi connectivity index (χ1) is 13.4. The predicted octanol–water partition coefficient (Wildman–Crippen LogP) is 4.69. The van der Waals surface area contributed by atoms with Gasteiger partial charge in [0.05, 0.1) is 10.4 Å². The van der Waals surface area contributed by atoms with E-state index in [9.17, 15) is 14.0 Å². The Morgan fingerprint density at radius 3 is 2.68 bits per heavy atom. The molecule has 0 amide bonds. The molecule has 6 nitrogen and oxygen atoms in total. The van der Waals surface area contributed by atoms with Gasteiger partial charge in [-0.15, -0.1) is 10.2 Å². The van der Waals surface area contributed by atoms with E-state index in [-0.39, 0.29) is 10.3 Å². The minimum atomic E-state index is -1.37. The lowest BCUT2D eigenvalue weighted by atomic mass is 10.1. The van der Waals surface area contributed by atoms with Crippen molar-refractivity contribution in [1.82, 2.24) is 15.2 Å². The van der Waals surface area contributed by atoms with Gasteiger partial charge in [-0.1, -0.05) is 46.8 Å². The van der Waals surface area contributed by atoms with Crippen LogP contribution in [-0.2, 0) is 0 Å². The molecule has 0 atom stereocenters. The van der Waals surface area contributed by atoms with Crippen molar-refractivity contribution in [1.29, 1.82) is 0 Å². The van der Waals surface area contributed by atoms with Crippen LogP contribution in [0.5, 0.6) is 0 Å². The van der Waals surface area contributed by atoms with Gasteiger partial charge < -0.3 is 10.1 Å². The first-order valence-corrected chi connectivity index (χ1v) is 9.79. The minimum absolute atomic E-state index is 0.0270. The van der Waals surface area contributed by atoms with Crippen LogP contribution in [0.2, 0.25) is 5.02 Å². The molecule has 28 heavy (non-hydrogen) atoms. The number of carboxylic acids is 1. The number of aromatic amines is 1. The number of nitrogens with zero attached hydrogens (tertiary/aromatic N) is 2. The number of carbonyl (C=O) groups is 1. The number of benzene rings is 2. The summed E-state index contributed by atoms with van der Waals surface area (Å²) in [5.74, 6) is -2.01. The molecule has 0 radical (unpaired) electrons. The van der Waals surface area contributed by atoms with Gasteiger partial charge in [-0.05, 0) is 24.3 Å². The van der Waals surface area contributed by atoms with Gasteiger partial charge >= 0.3 is 5.97 Å². The fourth-order valence-electron chi connectivity index (χ4n) is 2.51. The first-order valence-electron chi connectivity index (χ1n) is 7.78. The van der Waals surface area contributed by atoms with E-state index in [2.05, 4.69) is 15.2 Å². The number of rotatable bonds is 4. The second kappa shape index (κ2) is 7.34. The van der Waals surface area contributed by atoms with Crippen LogP contribution in [0, 0.1) is 5.82 Å². The molecule has 0 aliphatic heterocycles. The second-order valence-electron chi connectivity index (χ2n) is 5.65. The third-order valence-electron chi connectivity index (χ3n) is 3.86. The van der Waals surface area contributed by atoms with Crippen molar-refractivity contribution in [2.24, 2.45) is 0 Å². The lowest BCUT2D eigenvalue weighted by molar-refractivity contribution is 0.0695. The second-order valence-corrected chi connectivity index (χ2v) is 8.35. The van der Waals surface area contributed by atoms with Gasteiger partial charge in [0.2, 0.25) is 5.43 Å². The lowest BCUT2D eigenvalue weighted by Gasteiger charge is -2.04. The molecule has 4 rings (SSSR count). The van der Waals surface area contributed by atoms with Crippen molar-refractivity contribution >= 4 is 51.6 Å². The zero-order chi connectivity index (χ0) is 19.8. The van der Waals surface area contributed by atoms with Gasteiger partial charge in [0, 0.05) is 22.2 Å². The van der Waals surface area contributed by atoms with Crippen LogP contribution in [0.4, 0.5) is 4.39 Å². The van der Waals surface area contributed by atoms with Gasteiger partial charge in [0.15, 0.2) is 4.34 Å². The minimum Gasteiger partial charge on any atom is -0.477 e. The van der Waals surface area contributed by atoms with E-state index in [0.717, 1.165) is 29.6 Å². The Morgan fingerprint density at radius 1 is 1.21 bits per heavy atom. The maximum absolute atomic E-state index is 14.5. The monoisotopic (exact) mass is 433 g/mol. The molecule has 0 unspecified atom stereocenters. The molecule has 10 heteroatoms. The molecule has 0 saturated heterocycles. The third kappa shape index (κ3) is 3.51. The summed E-state index contributed by atoms with van der Waals surface area (Å²) in [4.78, 5) is 26.2. The Labute approximate surface area is 170 Å². The molecule has 0 spiro atoms. The summed E-state index contributed by atoms with van der Waals surface area (Å²) in [5.41, 5.74) is 0.00118. The predicted molar refractivity (Wildman–Crippen MR) is 106 cm³/mol. The molecule has 2 aromatic heterocycles. The highest BCUT2D eigenvalue weighted by Gasteiger charge is 2.16. The zero-order valence-corrected chi connectivity index (χ0v) is 16.2. The highest BCUT2D eigenvalue weighted by molar-refractivity contribution is 8.01. The summed E-state index contributed by atoms with van der Waals surface area (Å²) in [6.45, 7) is 0. The number of hydrogen-bond donors (Lipinski definition) is 2. The molecular formula is C18H9ClFN3O3S2. The SMILES string of the molecule is O=C(O)c1c[nH]c2cc(Sc3nnc(-c4ccc(Cl)cc4)s3)c(F)cc2c1=O. The number of fused-ring (bicyclic) bond motifs is 1. The van der Waals surface area contributed by atoms with Crippen molar-refractivity contribution in [2.45, 2.75) is 9.24 Å². The number of H-pyrrole nitrogens is 1. The molecule has 0 aliphatic rings. The smallest absolute Gasteiger partial charge is 0.341 e. The largest absolute Gasteiger partial charge is 0.477 e. The van der Waals surface area contributed by atoms with E-state index in [1.54, 1.807) is 12.1 Å². The van der Waals surface area contributed by atoms with E-state index < -0.39 is 22.8 Å². The maximum Gasteiger partial charge on any atom is 0.341 e. The van der Waals surface area contributed by atoms with Gasteiger partial charge in [0.1, 0.15) is 16.4 Å². The van der Waals surface area contributed by atoms with Crippen LogP contribution in [0.25, 0.3) is 21.5 Å². The zero-order valence-electron chi connectivity index (χ0n) is 13.8. The highest BCUT2D eigenvalue weighted by atomic mass is 35.5. The highest BCUT2D eigenvalue weighted by Crippen LogP contribution is 2.36. The average Bonchev–Trinajstić information content (AvgIpc) is 3.12. The van der Waals surface area contributed by atoms with E-state index >= 15 is 0 Å². The number of halogens is 2. The van der Waals surface area contributed by atoms with Crippen molar-refractivity contribution in [2.75, 3.05) is 0 Å². The van der Waals surface area contributed by atoms with Crippen molar-refractivity contribution in [3.63, 3.8) is 0 Å². The quantitative estimate of drug-likeness (QED) is 0.484. The van der Waals surface area contributed by atoms with Crippen LogP contribution >= 0.6 is 34.7 Å². The molecular weight excluding hydrogens is 425 g/mol. The van der Waals surface area contributed by atoms with Crippen LogP contribution in [0.15, 0.2) is 56.6 Å². The molecule has 2 aromatic carbocycles. The maximum atomic E-state index is 14.5. The Morgan fingerprint density at radius 2 is 1.96 bits per heavy atom. The van der Waals surface area contributed by atoms with Crippen LogP contribution in [0.3, 0.4) is 0 Å². The van der Waals surface area contributed by atoms with Crippen molar-refractivity contribution in [3.8, 4) is 10.6 Å². The molecule has 2 heterocycles. The van der Waals surface area contributed by atoms with Crippen LogP contribution in [-0.4, -0.2) is 26.3 Å². The molecule has 0 bridgehead atoms. The van der Waals surface area contributed by atoms with Gasteiger partial charge in [0.25, 0.3) is 0 Å². The summed E-state index contributed by atoms with van der Waals surface area (Å²) in [5, 5.41) is 18.4. The Bertz CT molecular complexity index is 1270. The number of pyridine rings is 1. The Balaban J connectivity index is 1.68. The normalized spacial score (nSPS) is 11.1. The van der Waals surface area contributed by atoms with Gasteiger partial charge in [-0.25, -0.2) is 9.18 Å². The number of aromatic nitrogens is 3.